The van der Waals surface area contributed by atoms with Crippen LogP contribution in [-0.4, -0.2) is 40.8 Å². The lowest BCUT2D eigenvalue weighted by Crippen LogP contribution is -2.41. The molecule has 6 nitrogen and oxygen atoms in total. The lowest BCUT2D eigenvalue weighted by Gasteiger charge is -2.34. The van der Waals surface area contributed by atoms with E-state index in [0.29, 0.717) is 28.1 Å². The first kappa shape index (κ1) is 23.4. The molecule has 2 aromatic heterocycles. The Bertz CT molecular complexity index is 1110. The number of amides is 2. The summed E-state index contributed by atoms with van der Waals surface area (Å²) in [6.07, 6.45) is 3.10. The van der Waals surface area contributed by atoms with E-state index in [9.17, 15) is 9.59 Å². The molecular weight excluding hydrogens is 456 g/mol. The highest BCUT2D eigenvalue weighted by Gasteiger charge is 2.27. The number of carbonyl (C=O) groups is 2. The highest BCUT2D eigenvalue weighted by molar-refractivity contribution is 7.08. The molecule has 1 fully saturated rings. The number of anilines is 2. The highest BCUT2D eigenvalue weighted by Crippen LogP contribution is 2.29. The zero-order valence-corrected chi connectivity index (χ0v) is 20.2. The lowest BCUT2D eigenvalue weighted by molar-refractivity contribution is -0.121. The van der Waals surface area contributed by atoms with Gasteiger partial charge in [-0.1, -0.05) is 17.7 Å². The van der Waals surface area contributed by atoms with Crippen LogP contribution in [0.2, 0.25) is 5.02 Å². The fourth-order valence-corrected chi connectivity index (χ4v) is 4.77. The van der Waals surface area contributed by atoms with Crippen LogP contribution in [-0.2, 0) is 4.79 Å². The molecule has 0 unspecified atom stereocenters. The summed E-state index contributed by atoms with van der Waals surface area (Å²) in [6.45, 7) is 6.16. The minimum atomic E-state index is -0.341. The molecule has 8 heteroatoms. The summed E-state index contributed by atoms with van der Waals surface area (Å²) in [5, 5.41) is 10.3. The number of rotatable bonds is 6. The van der Waals surface area contributed by atoms with Crippen molar-refractivity contribution in [2.75, 3.05) is 23.7 Å². The lowest BCUT2D eigenvalue weighted by atomic mass is 9.94. The van der Waals surface area contributed by atoms with Crippen molar-refractivity contribution in [3.63, 3.8) is 0 Å². The van der Waals surface area contributed by atoms with Gasteiger partial charge in [0.25, 0.3) is 5.91 Å². The quantitative estimate of drug-likeness (QED) is 0.467. The first-order chi connectivity index (χ1) is 15.9. The maximum absolute atomic E-state index is 13.2. The molecule has 0 saturated carbocycles. The topological polar surface area (TPSA) is 74.3 Å². The normalized spacial score (nSPS) is 14.9. The van der Waals surface area contributed by atoms with E-state index in [4.69, 9.17) is 11.6 Å². The third kappa shape index (κ3) is 5.79. The van der Waals surface area contributed by atoms with Crippen molar-refractivity contribution < 1.29 is 9.59 Å². The van der Waals surface area contributed by atoms with Gasteiger partial charge in [-0.15, -0.1) is 0 Å². The monoisotopic (exact) mass is 482 g/mol. The van der Waals surface area contributed by atoms with Crippen molar-refractivity contribution in [1.29, 1.82) is 0 Å². The molecule has 33 heavy (non-hydrogen) atoms. The standard InChI is InChI=1S/C25H27ClN4O2S/c1-16(2)30-10-7-17(8-11-30)24(31)28-22-5-3-18(19-9-12-33-15-19)13-21(22)25(32)29-23-6-4-20(26)14-27-23/h3-6,9,12-17H,7-8,10-11H2,1-2H3,(H,28,31)(H,27,29,32). The third-order valence-corrected chi connectivity index (χ3v) is 6.88. The van der Waals surface area contributed by atoms with Crippen LogP contribution >= 0.6 is 22.9 Å². The van der Waals surface area contributed by atoms with Crippen LogP contribution in [0.5, 0.6) is 0 Å². The SMILES string of the molecule is CC(C)N1CCC(C(=O)Nc2ccc(-c3ccsc3)cc2C(=O)Nc2ccc(Cl)cn2)CC1. The summed E-state index contributed by atoms with van der Waals surface area (Å²) in [6, 6.07) is 11.3. The molecule has 3 aromatic rings. The number of pyridine rings is 1. The summed E-state index contributed by atoms with van der Waals surface area (Å²) in [5.74, 6) is -0.0544. The van der Waals surface area contributed by atoms with Gasteiger partial charge in [0.15, 0.2) is 0 Å². The van der Waals surface area contributed by atoms with E-state index in [0.717, 1.165) is 37.1 Å². The van der Waals surface area contributed by atoms with Gasteiger partial charge in [0.2, 0.25) is 5.91 Å². The average molecular weight is 483 g/mol. The van der Waals surface area contributed by atoms with Crippen LogP contribution in [0.15, 0.2) is 53.4 Å². The van der Waals surface area contributed by atoms with Crippen molar-refractivity contribution in [2.24, 2.45) is 5.92 Å². The zero-order chi connectivity index (χ0) is 23.4. The maximum atomic E-state index is 13.2. The average Bonchev–Trinajstić information content (AvgIpc) is 3.36. The van der Waals surface area contributed by atoms with Crippen LogP contribution < -0.4 is 10.6 Å². The van der Waals surface area contributed by atoms with Crippen molar-refractivity contribution in [2.45, 2.75) is 32.7 Å². The molecule has 3 heterocycles. The van der Waals surface area contributed by atoms with E-state index in [1.807, 2.05) is 29.0 Å². The second-order valence-corrected chi connectivity index (χ2v) is 9.70. The number of carbonyl (C=O) groups excluding carboxylic acids is 2. The van der Waals surface area contributed by atoms with Gasteiger partial charge in [0, 0.05) is 18.2 Å². The molecule has 1 saturated heterocycles. The van der Waals surface area contributed by atoms with Crippen LogP contribution in [0, 0.1) is 5.92 Å². The summed E-state index contributed by atoms with van der Waals surface area (Å²) in [7, 11) is 0. The molecule has 2 amide bonds. The largest absolute Gasteiger partial charge is 0.325 e. The van der Waals surface area contributed by atoms with Crippen LogP contribution in [0.25, 0.3) is 11.1 Å². The molecular formula is C25H27ClN4O2S. The molecule has 2 N–H and O–H groups in total. The number of thiophene rings is 1. The Morgan fingerprint density at radius 2 is 1.88 bits per heavy atom. The Morgan fingerprint density at radius 1 is 1.09 bits per heavy atom. The number of piperidine rings is 1. The van der Waals surface area contributed by atoms with Gasteiger partial charge in [-0.25, -0.2) is 4.98 Å². The summed E-state index contributed by atoms with van der Waals surface area (Å²) >= 11 is 7.49. The number of nitrogens with one attached hydrogen (secondary N) is 2. The Hall–Kier alpha value is -2.74. The van der Waals surface area contributed by atoms with Crippen LogP contribution in [0.3, 0.4) is 0 Å². The maximum Gasteiger partial charge on any atom is 0.258 e. The van der Waals surface area contributed by atoms with E-state index in [2.05, 4.69) is 34.4 Å². The van der Waals surface area contributed by atoms with Gasteiger partial charge in [0.1, 0.15) is 5.82 Å². The number of hydrogen-bond donors (Lipinski definition) is 2. The predicted molar refractivity (Wildman–Crippen MR) is 135 cm³/mol. The molecule has 0 aliphatic carbocycles. The molecule has 172 valence electrons. The summed E-state index contributed by atoms with van der Waals surface area (Å²) < 4.78 is 0. The Kier molecular flexibility index (Phi) is 7.42. The van der Waals surface area contributed by atoms with Gasteiger partial charge >= 0.3 is 0 Å². The van der Waals surface area contributed by atoms with Crippen molar-refractivity contribution in [3.05, 3.63) is 63.9 Å². The first-order valence-electron chi connectivity index (χ1n) is 11.0. The van der Waals surface area contributed by atoms with Crippen molar-refractivity contribution in [1.82, 2.24) is 9.88 Å². The number of likely N-dealkylation sites (tertiary alicyclic amines) is 1. The van der Waals surface area contributed by atoms with E-state index in [1.54, 1.807) is 29.5 Å². The Balaban J connectivity index is 1.55. The van der Waals surface area contributed by atoms with Gasteiger partial charge in [-0.05, 0) is 92.0 Å². The minimum absolute atomic E-state index is 0.0413. The molecule has 1 aliphatic rings. The fourth-order valence-electron chi connectivity index (χ4n) is 4.00. The van der Waals surface area contributed by atoms with Gasteiger partial charge in [-0.3, -0.25) is 9.59 Å². The van der Waals surface area contributed by atoms with E-state index in [-0.39, 0.29) is 17.7 Å². The minimum Gasteiger partial charge on any atom is -0.325 e. The Morgan fingerprint density at radius 3 is 2.52 bits per heavy atom. The highest BCUT2D eigenvalue weighted by atomic mass is 35.5. The number of hydrogen-bond acceptors (Lipinski definition) is 5. The second-order valence-electron chi connectivity index (χ2n) is 8.48. The number of halogens is 1. The second kappa shape index (κ2) is 10.5. The number of nitrogens with zero attached hydrogens (tertiary/aromatic N) is 2. The van der Waals surface area contributed by atoms with Crippen LogP contribution in [0.4, 0.5) is 11.5 Å². The van der Waals surface area contributed by atoms with Crippen LogP contribution in [0.1, 0.15) is 37.0 Å². The third-order valence-electron chi connectivity index (χ3n) is 5.98. The van der Waals surface area contributed by atoms with Crippen molar-refractivity contribution in [3.8, 4) is 11.1 Å². The first-order valence-corrected chi connectivity index (χ1v) is 12.4. The molecule has 1 aromatic carbocycles. The van der Waals surface area contributed by atoms with Gasteiger partial charge in [-0.2, -0.15) is 11.3 Å². The predicted octanol–water partition coefficient (Wildman–Crippen LogP) is 5.77. The fraction of sp³-hybridized carbons (Fsp3) is 0.320. The smallest absolute Gasteiger partial charge is 0.258 e. The van der Waals surface area contributed by atoms with E-state index < -0.39 is 0 Å². The molecule has 1 aliphatic heterocycles. The molecule has 0 atom stereocenters. The van der Waals surface area contributed by atoms with Gasteiger partial charge < -0.3 is 15.5 Å². The number of benzene rings is 1. The molecule has 0 spiro atoms. The number of aromatic nitrogens is 1. The van der Waals surface area contributed by atoms with Crippen molar-refractivity contribution >= 4 is 46.3 Å². The molecule has 0 bridgehead atoms. The summed E-state index contributed by atoms with van der Waals surface area (Å²) in [5.41, 5.74) is 2.83. The van der Waals surface area contributed by atoms with E-state index in [1.165, 1.54) is 6.20 Å². The van der Waals surface area contributed by atoms with Gasteiger partial charge in [0.05, 0.1) is 16.3 Å². The summed E-state index contributed by atoms with van der Waals surface area (Å²) in [4.78, 5) is 32.8. The molecule has 0 radical (unpaired) electrons. The zero-order valence-electron chi connectivity index (χ0n) is 18.7. The van der Waals surface area contributed by atoms with E-state index >= 15 is 0 Å². The Labute approximate surface area is 203 Å². The molecule has 4 rings (SSSR count).